The largest absolute Gasteiger partial charge is 0.481 e. The van der Waals surface area contributed by atoms with Crippen molar-refractivity contribution in [3.05, 3.63) is 35.9 Å². The van der Waals surface area contributed by atoms with E-state index in [0.717, 1.165) is 5.56 Å². The van der Waals surface area contributed by atoms with Crippen molar-refractivity contribution >= 4 is 48.2 Å². The van der Waals surface area contributed by atoms with Crippen molar-refractivity contribution in [2.75, 3.05) is 5.75 Å². The highest BCUT2D eigenvalue weighted by molar-refractivity contribution is 7.80. The Labute approximate surface area is 238 Å². The van der Waals surface area contributed by atoms with Gasteiger partial charge in [0.2, 0.25) is 23.6 Å². The molecule has 1 aromatic carbocycles. The zero-order valence-electron chi connectivity index (χ0n) is 22.8. The average Bonchev–Trinajstić information content (AvgIpc) is 2.88. The van der Waals surface area contributed by atoms with E-state index >= 15 is 0 Å². The van der Waals surface area contributed by atoms with Crippen LogP contribution >= 0.6 is 12.6 Å². The number of thiol groups is 1. The van der Waals surface area contributed by atoms with Gasteiger partial charge in [-0.1, -0.05) is 44.2 Å². The average molecular weight is 582 g/mol. The van der Waals surface area contributed by atoms with E-state index < -0.39 is 72.2 Å². The molecular weight excluding hydrogens is 542 g/mol. The molecule has 0 aliphatic heterocycles. The van der Waals surface area contributed by atoms with Crippen molar-refractivity contribution in [3.8, 4) is 0 Å². The predicted molar refractivity (Wildman–Crippen MR) is 149 cm³/mol. The van der Waals surface area contributed by atoms with Crippen LogP contribution < -0.4 is 27.0 Å². The predicted octanol–water partition coefficient (Wildman–Crippen LogP) is -0.559. The van der Waals surface area contributed by atoms with Crippen LogP contribution in [0.15, 0.2) is 30.3 Å². The van der Waals surface area contributed by atoms with Gasteiger partial charge in [-0.05, 0) is 37.7 Å². The fourth-order valence-electron chi connectivity index (χ4n) is 3.59. The number of carboxylic acid groups (broad SMARTS) is 2. The van der Waals surface area contributed by atoms with Crippen LogP contribution in [0.4, 0.5) is 0 Å². The molecule has 0 bridgehead atoms. The maximum atomic E-state index is 13.1. The maximum Gasteiger partial charge on any atom is 0.325 e. The van der Waals surface area contributed by atoms with Gasteiger partial charge in [0, 0.05) is 12.2 Å². The quantitative estimate of drug-likeness (QED) is 0.110. The fourth-order valence-corrected chi connectivity index (χ4v) is 3.85. The molecule has 0 spiro atoms. The van der Waals surface area contributed by atoms with Crippen LogP contribution in [0.1, 0.15) is 45.6 Å². The van der Waals surface area contributed by atoms with E-state index in [0.29, 0.717) is 0 Å². The third-order valence-electron chi connectivity index (χ3n) is 5.80. The molecule has 1 aromatic rings. The van der Waals surface area contributed by atoms with E-state index in [-0.39, 0.29) is 30.9 Å². The highest BCUT2D eigenvalue weighted by Gasteiger charge is 2.31. The van der Waals surface area contributed by atoms with Crippen molar-refractivity contribution in [3.63, 3.8) is 0 Å². The molecule has 4 amide bonds. The minimum atomic E-state index is -1.37. The van der Waals surface area contributed by atoms with E-state index in [2.05, 4.69) is 33.9 Å². The highest BCUT2D eigenvalue weighted by Crippen LogP contribution is 2.08. The van der Waals surface area contributed by atoms with Crippen LogP contribution in [0.5, 0.6) is 0 Å². The van der Waals surface area contributed by atoms with Crippen molar-refractivity contribution in [2.24, 2.45) is 11.7 Å². The molecule has 14 heteroatoms. The first-order valence-electron chi connectivity index (χ1n) is 12.8. The molecule has 222 valence electrons. The summed E-state index contributed by atoms with van der Waals surface area (Å²) in [4.78, 5) is 73.7. The van der Waals surface area contributed by atoms with Gasteiger partial charge >= 0.3 is 11.9 Å². The van der Waals surface area contributed by atoms with E-state index in [1.54, 1.807) is 38.1 Å². The first-order chi connectivity index (χ1) is 18.7. The normalized spacial score (nSPS) is 14.7. The molecular formula is C26H39N5O8S. The van der Waals surface area contributed by atoms with Gasteiger partial charge in [-0.2, -0.15) is 12.6 Å². The van der Waals surface area contributed by atoms with E-state index in [4.69, 9.17) is 15.9 Å². The number of hydrogen-bond acceptors (Lipinski definition) is 8. The van der Waals surface area contributed by atoms with Crippen LogP contribution in [0.2, 0.25) is 0 Å². The summed E-state index contributed by atoms with van der Waals surface area (Å²) in [5, 5.41) is 27.9. The lowest BCUT2D eigenvalue weighted by molar-refractivity contribution is -0.142. The number of benzene rings is 1. The Hall–Kier alpha value is -3.65. The number of rotatable bonds is 17. The van der Waals surface area contributed by atoms with Crippen molar-refractivity contribution in [2.45, 2.75) is 76.7 Å². The van der Waals surface area contributed by atoms with Crippen molar-refractivity contribution < 1.29 is 39.0 Å². The Morgan fingerprint density at radius 3 is 1.85 bits per heavy atom. The molecule has 0 aliphatic rings. The summed E-state index contributed by atoms with van der Waals surface area (Å²) >= 11 is 4.11. The number of nitrogens with two attached hydrogens (primary N) is 1. The topological polar surface area (TPSA) is 217 Å². The van der Waals surface area contributed by atoms with Crippen molar-refractivity contribution in [1.29, 1.82) is 0 Å². The molecule has 8 N–H and O–H groups in total. The third-order valence-corrected chi connectivity index (χ3v) is 6.17. The lowest BCUT2D eigenvalue weighted by Gasteiger charge is -2.26. The number of carbonyl (C=O) groups excluding carboxylic acids is 4. The summed E-state index contributed by atoms with van der Waals surface area (Å²) in [5.41, 5.74) is 6.81. The number of carboxylic acids is 2. The van der Waals surface area contributed by atoms with Gasteiger partial charge in [-0.15, -0.1) is 0 Å². The summed E-state index contributed by atoms with van der Waals surface area (Å²) in [5.74, 6) is -5.71. The molecule has 1 rings (SSSR count). The summed E-state index contributed by atoms with van der Waals surface area (Å²) in [7, 11) is 0. The van der Waals surface area contributed by atoms with Crippen LogP contribution in [0, 0.1) is 5.92 Å². The standard InChI is InChI=1S/C26H39N5O8S/c1-14(2)11-19(24(36)28-15(3)26(38)39)30-23(35)18(9-10-21(32)33)29-25(37)20(13-40)31-22(34)17(27)12-16-7-5-4-6-8-16/h4-8,14-15,17-20,40H,9-13,27H2,1-3H3,(H,28,36)(H,29,37)(H,30,35)(H,31,34)(H,32,33)(H,38,39)/t15-,17-,18-,19-,20-/m0/s1. The Bertz CT molecular complexity index is 1040. The zero-order chi connectivity index (χ0) is 30.4. The molecule has 0 saturated carbocycles. The Kier molecular flexibility index (Phi) is 14.7. The maximum absolute atomic E-state index is 13.1. The Morgan fingerprint density at radius 1 is 0.800 bits per heavy atom. The zero-order valence-corrected chi connectivity index (χ0v) is 23.6. The first-order valence-corrected chi connectivity index (χ1v) is 13.4. The lowest BCUT2D eigenvalue weighted by Crippen LogP contribution is -2.59. The number of amides is 4. The number of aliphatic carboxylic acids is 2. The summed E-state index contributed by atoms with van der Waals surface area (Å²) in [6.07, 6.45) is -0.417. The van der Waals surface area contributed by atoms with Gasteiger partial charge in [0.25, 0.3) is 0 Å². The number of hydrogen-bond donors (Lipinski definition) is 8. The van der Waals surface area contributed by atoms with E-state index in [1.165, 1.54) is 6.92 Å². The van der Waals surface area contributed by atoms with Crippen LogP contribution in [-0.2, 0) is 35.2 Å². The molecule has 0 aliphatic carbocycles. The smallest absolute Gasteiger partial charge is 0.325 e. The van der Waals surface area contributed by atoms with Gasteiger partial charge in [0.15, 0.2) is 0 Å². The summed E-state index contributed by atoms with van der Waals surface area (Å²) < 4.78 is 0. The second-order valence-electron chi connectivity index (χ2n) is 9.79. The van der Waals surface area contributed by atoms with E-state index in [9.17, 15) is 28.8 Å². The molecule has 5 atom stereocenters. The molecule has 0 unspecified atom stereocenters. The van der Waals surface area contributed by atoms with Crippen molar-refractivity contribution in [1.82, 2.24) is 21.3 Å². The van der Waals surface area contributed by atoms with Gasteiger partial charge in [0.05, 0.1) is 6.04 Å². The van der Waals surface area contributed by atoms with Gasteiger partial charge < -0.3 is 37.2 Å². The van der Waals surface area contributed by atoms with Gasteiger partial charge in [-0.3, -0.25) is 28.8 Å². The summed E-state index contributed by atoms with van der Waals surface area (Å²) in [6, 6.07) is 3.14. The molecule has 0 heterocycles. The molecule has 40 heavy (non-hydrogen) atoms. The lowest BCUT2D eigenvalue weighted by atomic mass is 10.0. The third kappa shape index (κ3) is 12.5. The SMILES string of the molecule is CC(C)C[C@H](NC(=O)[C@H](CCC(=O)O)NC(=O)[C@H](CS)NC(=O)[C@@H](N)Cc1ccccc1)C(=O)N[C@@H](C)C(=O)O. The van der Waals surface area contributed by atoms with Crippen LogP contribution in [0.3, 0.4) is 0 Å². The number of carbonyl (C=O) groups is 6. The molecule has 0 aromatic heterocycles. The van der Waals surface area contributed by atoms with E-state index in [1.807, 2.05) is 6.07 Å². The van der Waals surface area contributed by atoms with Gasteiger partial charge in [0.1, 0.15) is 24.2 Å². The molecule has 13 nitrogen and oxygen atoms in total. The molecule has 0 fully saturated rings. The Balaban J connectivity index is 2.97. The monoisotopic (exact) mass is 581 g/mol. The minimum absolute atomic E-state index is 0.0767. The molecule has 0 radical (unpaired) electrons. The summed E-state index contributed by atoms with van der Waals surface area (Å²) in [6.45, 7) is 4.85. The highest BCUT2D eigenvalue weighted by atomic mass is 32.1. The first kappa shape index (κ1) is 34.4. The van der Waals surface area contributed by atoms with Gasteiger partial charge in [-0.25, -0.2) is 0 Å². The minimum Gasteiger partial charge on any atom is -0.481 e. The molecule has 0 saturated heterocycles. The Morgan fingerprint density at radius 2 is 1.32 bits per heavy atom. The van der Waals surface area contributed by atoms with Crippen LogP contribution in [-0.4, -0.2) is 81.7 Å². The fraction of sp³-hybridized carbons (Fsp3) is 0.538. The van der Waals surface area contributed by atoms with Crippen LogP contribution in [0.25, 0.3) is 0 Å². The second-order valence-corrected chi connectivity index (χ2v) is 10.2. The number of nitrogens with one attached hydrogen (secondary N) is 4. The second kappa shape index (κ2) is 17.1.